The molecule has 0 unspecified atom stereocenters. The molecule has 5 N–H and O–H groups in total. The summed E-state index contributed by atoms with van der Waals surface area (Å²) in [6.45, 7) is 19.4. The van der Waals surface area contributed by atoms with Crippen LogP contribution in [0.4, 0.5) is 4.39 Å². The number of hydrogen-bond acceptors (Lipinski definition) is 19. The van der Waals surface area contributed by atoms with Gasteiger partial charge in [0.25, 0.3) is 5.91 Å². The van der Waals surface area contributed by atoms with Gasteiger partial charge in [-0.25, -0.2) is 9.07 Å². The molecule has 1 aromatic carbocycles. The lowest BCUT2D eigenvalue weighted by molar-refractivity contribution is -0.318. The predicted molar refractivity (Wildman–Crippen MR) is 285 cm³/mol. The van der Waals surface area contributed by atoms with E-state index >= 15 is 0 Å². The highest BCUT2D eigenvalue weighted by Crippen LogP contribution is 2.41. The highest BCUT2D eigenvalue weighted by atomic mass is 19.1. The molecular formula is C56H93FN6O15. The van der Waals surface area contributed by atoms with E-state index in [0.717, 1.165) is 0 Å². The third-order valence-corrected chi connectivity index (χ3v) is 17.3. The number of halogens is 1. The Morgan fingerprint density at radius 3 is 2.24 bits per heavy atom. The summed E-state index contributed by atoms with van der Waals surface area (Å²) in [5.41, 5.74) is -2.86. The van der Waals surface area contributed by atoms with Crippen LogP contribution < -0.4 is 0 Å². The fourth-order valence-electron chi connectivity index (χ4n) is 12.3. The zero-order valence-electron chi connectivity index (χ0n) is 48.6. The first-order valence-corrected chi connectivity index (χ1v) is 27.9. The summed E-state index contributed by atoms with van der Waals surface area (Å²) in [7, 11) is 6.69. The average Bonchev–Trinajstić information content (AvgIpc) is 3.89. The molecule has 20 atom stereocenters. The summed E-state index contributed by atoms with van der Waals surface area (Å²) >= 11 is 0. The van der Waals surface area contributed by atoms with Crippen LogP contribution in [0.3, 0.4) is 0 Å². The van der Waals surface area contributed by atoms with Crippen molar-refractivity contribution in [3.63, 3.8) is 0 Å². The van der Waals surface area contributed by atoms with E-state index in [9.17, 15) is 39.5 Å². The van der Waals surface area contributed by atoms with Crippen LogP contribution in [0.25, 0.3) is 0 Å². The van der Waals surface area contributed by atoms with Crippen LogP contribution >= 0.6 is 0 Å². The fraction of sp³-hybridized carbons (Fsp3) is 0.821. The number of esters is 1. The van der Waals surface area contributed by atoms with Gasteiger partial charge in [-0.3, -0.25) is 9.59 Å². The summed E-state index contributed by atoms with van der Waals surface area (Å²) in [6.07, 6.45) is -8.29. The number of rotatable bonds is 16. The molecule has 1 aromatic heterocycles. The number of aliphatic hydroxyl groups excluding tert-OH is 3. The van der Waals surface area contributed by atoms with Crippen LogP contribution in [0.5, 0.6) is 0 Å². The number of carbonyl (C=O) groups excluding carboxylic acids is 2. The van der Waals surface area contributed by atoms with Crippen LogP contribution in [-0.2, 0) is 49.1 Å². The molecule has 0 spiro atoms. The minimum atomic E-state index is -1.86. The molecule has 444 valence electrons. The van der Waals surface area contributed by atoms with Gasteiger partial charge < -0.3 is 78.1 Å². The topological polar surface area (TPSA) is 250 Å². The molecule has 5 heterocycles. The van der Waals surface area contributed by atoms with Crippen molar-refractivity contribution >= 4 is 11.9 Å². The van der Waals surface area contributed by atoms with E-state index in [2.05, 4.69) is 10.3 Å². The Hall–Kier alpha value is -3.33. The first-order chi connectivity index (χ1) is 36.7. The Kier molecular flexibility index (Phi) is 22.2. The van der Waals surface area contributed by atoms with Gasteiger partial charge in [-0.05, 0) is 105 Å². The number of likely N-dealkylation sites (N-methyl/N-ethyl adjacent to an activating group) is 2. The minimum absolute atomic E-state index is 0.0762. The van der Waals surface area contributed by atoms with Crippen molar-refractivity contribution in [2.45, 2.75) is 204 Å². The Labute approximate surface area is 460 Å². The highest BCUT2D eigenvalue weighted by Gasteiger charge is 2.53. The molecule has 4 aliphatic heterocycles. The van der Waals surface area contributed by atoms with E-state index in [1.54, 1.807) is 83.8 Å². The molecule has 21 nitrogen and oxygen atoms in total. The highest BCUT2D eigenvalue weighted by molar-refractivity contribution is 5.94. The zero-order valence-corrected chi connectivity index (χ0v) is 48.6. The first-order valence-electron chi connectivity index (χ1n) is 27.9. The van der Waals surface area contributed by atoms with Gasteiger partial charge >= 0.3 is 5.97 Å². The summed E-state index contributed by atoms with van der Waals surface area (Å²) in [5, 5.41) is 68.6. The molecule has 0 bridgehead atoms. The molecule has 0 saturated carbocycles. The largest absolute Gasteiger partial charge is 0.459 e. The summed E-state index contributed by atoms with van der Waals surface area (Å²) in [4.78, 5) is 33.3. The van der Waals surface area contributed by atoms with Gasteiger partial charge in [0.2, 0.25) is 0 Å². The number of methoxy groups -OCH3 is 2. The molecule has 1 amide bonds. The van der Waals surface area contributed by atoms with Crippen LogP contribution in [0.1, 0.15) is 129 Å². The number of benzene rings is 1. The van der Waals surface area contributed by atoms with Crippen molar-refractivity contribution in [2.75, 3.05) is 74.4 Å². The average molecular weight is 1110 g/mol. The van der Waals surface area contributed by atoms with Gasteiger partial charge in [0, 0.05) is 83.0 Å². The lowest BCUT2D eigenvalue weighted by Gasteiger charge is -2.49. The van der Waals surface area contributed by atoms with Crippen molar-refractivity contribution in [3.8, 4) is 0 Å². The molecule has 78 heavy (non-hydrogen) atoms. The van der Waals surface area contributed by atoms with Crippen LogP contribution in [0.2, 0.25) is 0 Å². The van der Waals surface area contributed by atoms with Crippen molar-refractivity contribution in [3.05, 3.63) is 47.3 Å². The van der Waals surface area contributed by atoms with E-state index in [-0.39, 0.29) is 31.1 Å². The first kappa shape index (κ1) is 63.8. The maximum absolute atomic E-state index is 15.0. The normalized spacial score (nSPS) is 39.0. The van der Waals surface area contributed by atoms with E-state index in [1.165, 1.54) is 25.8 Å². The Morgan fingerprint density at radius 2 is 1.63 bits per heavy atom. The van der Waals surface area contributed by atoms with Gasteiger partial charge in [-0.15, -0.1) is 5.10 Å². The van der Waals surface area contributed by atoms with Gasteiger partial charge in [-0.2, -0.15) is 0 Å². The van der Waals surface area contributed by atoms with Gasteiger partial charge in [0.15, 0.2) is 12.6 Å². The van der Waals surface area contributed by atoms with Crippen LogP contribution in [0.15, 0.2) is 30.5 Å². The van der Waals surface area contributed by atoms with Crippen molar-refractivity contribution in [1.29, 1.82) is 0 Å². The van der Waals surface area contributed by atoms with E-state index in [0.29, 0.717) is 69.1 Å². The number of carbonyl (C=O) groups is 2. The lowest BCUT2D eigenvalue weighted by Crippen LogP contribution is -2.61. The molecule has 22 heteroatoms. The molecule has 2 aromatic rings. The van der Waals surface area contributed by atoms with Gasteiger partial charge in [0.1, 0.15) is 48.8 Å². The van der Waals surface area contributed by atoms with E-state index in [1.807, 2.05) is 37.7 Å². The summed E-state index contributed by atoms with van der Waals surface area (Å²) in [6, 6.07) is 5.00. The number of aliphatic hydroxyl groups is 5. The molecule has 4 fully saturated rings. The summed E-state index contributed by atoms with van der Waals surface area (Å²) in [5.74, 6) is -3.01. The maximum atomic E-state index is 15.0. The number of ether oxygens (including phenoxy) is 8. The maximum Gasteiger partial charge on any atom is 0.311 e. The quantitative estimate of drug-likeness (QED) is 0.151. The minimum Gasteiger partial charge on any atom is -0.459 e. The van der Waals surface area contributed by atoms with Crippen LogP contribution in [0, 0.1) is 17.8 Å². The summed E-state index contributed by atoms with van der Waals surface area (Å²) < 4.78 is 66.0. The van der Waals surface area contributed by atoms with Gasteiger partial charge in [0.05, 0.1) is 60.4 Å². The number of aromatic nitrogens is 3. The molecule has 0 aliphatic carbocycles. The Balaban J connectivity index is 1.24. The molecule has 6 rings (SSSR count). The lowest BCUT2D eigenvalue weighted by atomic mass is 9.77. The monoisotopic (exact) mass is 1110 g/mol. The fourth-order valence-corrected chi connectivity index (χ4v) is 12.3. The zero-order chi connectivity index (χ0) is 57.6. The second-order valence-corrected chi connectivity index (χ2v) is 23.5. The smallest absolute Gasteiger partial charge is 0.311 e. The third kappa shape index (κ3) is 14.6. The standard InChI is InChI=1S/C56H93FN6O15/c1-15-43-56(10,70)48(65)36(6)61(12)30-32(2)27-54(8,69)50(34(4)46(35(5)52(68)76-43)77-44-28-55(9,72-14)49(66)37(7)75-44)78-53-45(64)41(26-33(3)74-53)60(11)21-20-40-31-63(59-58-40)42(29-57)47(71-13)38-16-18-39(19-17-38)51(67)62-22-24-73-25-23-62/h16-19,31-37,41-50,53,64-66,69-70H,15,20-30H2,1-14H3/t32-,33-,34+,35-,36-,37+,41+,42-,43-,44+,45-,46+,47-,48-,49+,50-,53+,54-,55-,56-/m1/s1. The molecule has 4 saturated heterocycles. The SMILES string of the molecule is CC[C@H]1OC(=O)[C@H](C)[C@@H](O[C@H]2C[C@@](C)(OC)[C@@H](O)[C@H](C)O2)[C@H](C)[C@@H](O[C@@H]2O[C@H](C)C[C@H](N(C)CCc3cn([C@H](CF)[C@H](OC)c4ccc(C(=O)N5CCOCC5)cc4)nn3)[C@H]2O)[C@](C)(O)C[C@@H](C)CN(C)[C@H](C)[C@@H](O)[C@]1(C)O. The van der Waals surface area contributed by atoms with E-state index < -0.39 is 127 Å². The number of morpholine rings is 1. The number of amides is 1. The Morgan fingerprint density at radius 1 is 0.962 bits per heavy atom. The second kappa shape index (κ2) is 27.2. The van der Waals surface area contributed by atoms with Crippen molar-refractivity contribution < 1.29 is 77.4 Å². The number of cyclic esters (lactones) is 1. The van der Waals surface area contributed by atoms with E-state index in [4.69, 9.17) is 37.9 Å². The number of hydrogen-bond donors (Lipinski definition) is 5. The number of alkyl halides is 1. The van der Waals surface area contributed by atoms with Gasteiger partial charge in [-0.1, -0.05) is 38.1 Å². The number of nitrogens with zero attached hydrogens (tertiary/aromatic N) is 6. The molecular weight excluding hydrogens is 1020 g/mol. The van der Waals surface area contributed by atoms with Crippen molar-refractivity contribution in [1.82, 2.24) is 29.7 Å². The second-order valence-electron chi connectivity index (χ2n) is 23.5. The molecule has 0 radical (unpaired) electrons. The predicted octanol–water partition coefficient (Wildman–Crippen LogP) is 3.48. The van der Waals surface area contributed by atoms with Crippen LogP contribution in [-0.4, -0.2) is 232 Å². The molecule has 4 aliphatic rings. The van der Waals surface area contributed by atoms with Crippen molar-refractivity contribution in [2.24, 2.45) is 17.8 Å². The Bertz CT molecular complexity index is 2210. The third-order valence-electron chi connectivity index (χ3n) is 17.3.